The highest BCUT2D eigenvalue weighted by atomic mass is 32.2. The van der Waals surface area contributed by atoms with Crippen molar-refractivity contribution in [2.45, 2.75) is 25.8 Å². The van der Waals surface area contributed by atoms with Gasteiger partial charge in [0.05, 0.1) is 28.5 Å². The quantitative estimate of drug-likeness (QED) is 0.352. The summed E-state index contributed by atoms with van der Waals surface area (Å²) in [4.78, 5) is 41.1. The van der Waals surface area contributed by atoms with Crippen LogP contribution in [0.5, 0.6) is 0 Å². The maximum absolute atomic E-state index is 12.4. The maximum atomic E-state index is 12.4. The molecule has 7 nitrogen and oxygen atoms in total. The van der Waals surface area contributed by atoms with Crippen molar-refractivity contribution in [1.82, 2.24) is 4.98 Å². The van der Waals surface area contributed by atoms with E-state index < -0.39 is 5.97 Å². The molecule has 0 aliphatic carbocycles. The van der Waals surface area contributed by atoms with E-state index in [4.69, 9.17) is 9.15 Å². The zero-order valence-electron chi connectivity index (χ0n) is 16.3. The third kappa shape index (κ3) is 4.65. The van der Waals surface area contributed by atoms with Crippen LogP contribution in [0.3, 0.4) is 0 Å². The number of thioether (sulfide) groups is 1. The molecular weight excluding hydrogens is 392 g/mol. The van der Waals surface area contributed by atoms with Crippen LogP contribution in [-0.2, 0) is 9.53 Å². The Bertz CT molecular complexity index is 1090. The molecule has 0 unspecified atom stereocenters. The number of nitrogens with zero attached hydrogens (tertiary/aromatic N) is 1. The number of para-hydroxylation sites is 1. The topological polar surface area (TPSA) is 98.5 Å². The molecule has 0 radical (unpaired) electrons. The molecule has 0 aliphatic rings. The molecule has 0 saturated heterocycles. The van der Waals surface area contributed by atoms with E-state index in [0.29, 0.717) is 5.03 Å². The molecule has 1 aromatic carbocycles. The molecule has 3 rings (SSSR count). The number of fused-ring (bicyclic) bond motifs is 1. The number of ether oxygens (including phenoxy) is 1. The van der Waals surface area contributed by atoms with E-state index in [1.807, 2.05) is 36.4 Å². The SMILES string of the molecule is CCOC(=O)c1c(NC(=O)CSc2ccc3ccccc3n2)oc(C)c1C(C)=O. The van der Waals surface area contributed by atoms with Crippen LogP contribution in [0.4, 0.5) is 5.88 Å². The summed E-state index contributed by atoms with van der Waals surface area (Å²) in [7, 11) is 0. The predicted molar refractivity (Wildman–Crippen MR) is 111 cm³/mol. The van der Waals surface area contributed by atoms with Crippen LogP contribution in [0.2, 0.25) is 0 Å². The predicted octanol–water partition coefficient (Wildman–Crippen LogP) is 4.25. The fourth-order valence-electron chi connectivity index (χ4n) is 2.88. The Labute approximate surface area is 171 Å². The summed E-state index contributed by atoms with van der Waals surface area (Å²) in [6, 6.07) is 11.5. The van der Waals surface area contributed by atoms with Crippen LogP contribution in [0, 0.1) is 6.92 Å². The van der Waals surface area contributed by atoms with Crippen molar-refractivity contribution in [3.63, 3.8) is 0 Å². The summed E-state index contributed by atoms with van der Waals surface area (Å²) in [5.41, 5.74) is 0.900. The molecule has 29 heavy (non-hydrogen) atoms. The molecule has 8 heteroatoms. The summed E-state index contributed by atoms with van der Waals surface area (Å²) in [5, 5.41) is 4.28. The van der Waals surface area contributed by atoms with Gasteiger partial charge in [-0.1, -0.05) is 36.0 Å². The van der Waals surface area contributed by atoms with E-state index in [0.717, 1.165) is 10.9 Å². The Morgan fingerprint density at radius 3 is 2.62 bits per heavy atom. The number of nitrogens with one attached hydrogen (secondary N) is 1. The lowest BCUT2D eigenvalue weighted by atomic mass is 10.1. The number of Topliss-reactive ketones (excluding diaryl/α,β-unsaturated/α-hetero) is 1. The van der Waals surface area contributed by atoms with Crippen LogP contribution in [0.15, 0.2) is 45.8 Å². The lowest BCUT2D eigenvalue weighted by Gasteiger charge is -2.06. The number of carbonyl (C=O) groups is 3. The summed E-state index contributed by atoms with van der Waals surface area (Å²) in [5.74, 6) is -1.22. The van der Waals surface area contributed by atoms with Crippen molar-refractivity contribution in [3.05, 3.63) is 53.3 Å². The lowest BCUT2D eigenvalue weighted by molar-refractivity contribution is -0.113. The lowest BCUT2D eigenvalue weighted by Crippen LogP contribution is -2.17. The second-order valence-corrected chi connectivity index (χ2v) is 7.19. The van der Waals surface area contributed by atoms with Crippen LogP contribution in [-0.4, -0.2) is 35.0 Å². The van der Waals surface area contributed by atoms with Crippen LogP contribution < -0.4 is 5.32 Å². The molecule has 2 aromatic heterocycles. The summed E-state index contributed by atoms with van der Waals surface area (Å²) in [6.07, 6.45) is 0. The number of esters is 1. The van der Waals surface area contributed by atoms with Crippen molar-refractivity contribution in [2.75, 3.05) is 17.7 Å². The fourth-order valence-corrected chi connectivity index (χ4v) is 3.56. The van der Waals surface area contributed by atoms with Gasteiger partial charge in [-0.15, -0.1) is 0 Å². The average Bonchev–Trinajstić information content (AvgIpc) is 3.02. The number of carbonyl (C=O) groups excluding carboxylic acids is 3. The fraction of sp³-hybridized carbons (Fsp3) is 0.238. The van der Waals surface area contributed by atoms with Gasteiger partial charge in [0.2, 0.25) is 11.8 Å². The molecule has 1 amide bonds. The molecule has 0 spiro atoms. The number of hydrogen-bond acceptors (Lipinski definition) is 7. The summed E-state index contributed by atoms with van der Waals surface area (Å²) >= 11 is 1.26. The van der Waals surface area contributed by atoms with Gasteiger partial charge in [-0.2, -0.15) is 0 Å². The minimum atomic E-state index is -0.714. The smallest absolute Gasteiger partial charge is 0.344 e. The Hall–Kier alpha value is -3.13. The number of anilines is 1. The molecule has 150 valence electrons. The van der Waals surface area contributed by atoms with Crippen molar-refractivity contribution in [3.8, 4) is 0 Å². The standard InChI is InChI=1S/C21H20N2O5S/c1-4-27-21(26)19-18(12(2)24)13(3)28-20(19)23-16(25)11-29-17-10-9-14-7-5-6-8-15(14)22-17/h5-10H,4,11H2,1-3H3,(H,23,25). The highest BCUT2D eigenvalue weighted by Crippen LogP contribution is 2.29. The van der Waals surface area contributed by atoms with E-state index >= 15 is 0 Å². The Morgan fingerprint density at radius 1 is 1.14 bits per heavy atom. The van der Waals surface area contributed by atoms with Gasteiger partial charge in [-0.25, -0.2) is 9.78 Å². The molecular formula is C21H20N2O5S. The number of aromatic nitrogens is 1. The third-order valence-corrected chi connectivity index (χ3v) is 5.02. The first-order valence-corrected chi connectivity index (χ1v) is 9.99. The number of ketones is 1. The van der Waals surface area contributed by atoms with Gasteiger partial charge in [-0.05, 0) is 32.9 Å². The van der Waals surface area contributed by atoms with Gasteiger partial charge in [0.15, 0.2) is 5.78 Å². The summed E-state index contributed by atoms with van der Waals surface area (Å²) < 4.78 is 10.5. The molecule has 0 atom stereocenters. The van der Waals surface area contributed by atoms with E-state index in [9.17, 15) is 14.4 Å². The zero-order valence-corrected chi connectivity index (χ0v) is 17.1. The Morgan fingerprint density at radius 2 is 1.90 bits per heavy atom. The van der Waals surface area contributed by atoms with Crippen molar-refractivity contribution in [2.24, 2.45) is 0 Å². The highest BCUT2D eigenvalue weighted by molar-refractivity contribution is 7.99. The highest BCUT2D eigenvalue weighted by Gasteiger charge is 2.28. The Kier molecular flexibility index (Phi) is 6.33. The van der Waals surface area contributed by atoms with Crippen LogP contribution >= 0.6 is 11.8 Å². The van der Waals surface area contributed by atoms with Gasteiger partial charge in [0.25, 0.3) is 0 Å². The first-order valence-electron chi connectivity index (χ1n) is 9.00. The van der Waals surface area contributed by atoms with Gasteiger partial charge < -0.3 is 9.15 Å². The average molecular weight is 412 g/mol. The summed E-state index contributed by atoms with van der Waals surface area (Å²) in [6.45, 7) is 4.68. The number of rotatable bonds is 7. The van der Waals surface area contributed by atoms with Crippen LogP contribution in [0.1, 0.15) is 40.3 Å². The van der Waals surface area contributed by atoms with E-state index in [1.54, 1.807) is 13.8 Å². The second-order valence-electron chi connectivity index (χ2n) is 6.19. The number of benzene rings is 1. The Balaban J connectivity index is 1.75. The molecule has 3 aromatic rings. The van der Waals surface area contributed by atoms with Gasteiger partial charge in [-0.3, -0.25) is 14.9 Å². The molecule has 0 fully saturated rings. The molecule has 0 saturated carbocycles. The van der Waals surface area contributed by atoms with Crippen molar-refractivity contribution >= 4 is 46.2 Å². The molecule has 0 bridgehead atoms. The van der Waals surface area contributed by atoms with E-state index in [-0.39, 0.29) is 46.8 Å². The zero-order chi connectivity index (χ0) is 21.0. The van der Waals surface area contributed by atoms with Gasteiger partial charge >= 0.3 is 5.97 Å². The number of amides is 1. The van der Waals surface area contributed by atoms with E-state index in [1.165, 1.54) is 18.7 Å². The molecule has 2 heterocycles. The first kappa shape index (κ1) is 20.6. The van der Waals surface area contributed by atoms with E-state index in [2.05, 4.69) is 10.3 Å². The molecule has 1 N–H and O–H groups in total. The van der Waals surface area contributed by atoms with Gasteiger partial charge in [0.1, 0.15) is 11.3 Å². The number of furan rings is 1. The minimum absolute atomic E-state index is 0.0565. The third-order valence-electron chi connectivity index (χ3n) is 4.09. The monoisotopic (exact) mass is 412 g/mol. The van der Waals surface area contributed by atoms with Crippen molar-refractivity contribution < 1.29 is 23.5 Å². The largest absolute Gasteiger partial charge is 0.462 e. The van der Waals surface area contributed by atoms with Gasteiger partial charge in [0, 0.05) is 5.39 Å². The van der Waals surface area contributed by atoms with Crippen LogP contribution in [0.25, 0.3) is 10.9 Å². The van der Waals surface area contributed by atoms with Crippen molar-refractivity contribution in [1.29, 1.82) is 0 Å². The molecule has 0 aliphatic heterocycles. The minimum Gasteiger partial charge on any atom is -0.462 e. The second kappa shape index (κ2) is 8.91. The number of pyridine rings is 1. The maximum Gasteiger partial charge on any atom is 0.344 e. The normalized spacial score (nSPS) is 10.7. The number of hydrogen-bond donors (Lipinski definition) is 1. The number of aryl methyl sites for hydroxylation is 1. The first-order chi connectivity index (χ1) is 13.9.